The van der Waals surface area contributed by atoms with Crippen molar-refractivity contribution in [3.05, 3.63) is 16.1 Å². The van der Waals surface area contributed by atoms with Crippen molar-refractivity contribution in [1.29, 1.82) is 0 Å². The van der Waals surface area contributed by atoms with Crippen molar-refractivity contribution < 1.29 is 9.53 Å². The summed E-state index contributed by atoms with van der Waals surface area (Å²) in [5.74, 6) is 0.177. The molecule has 0 aliphatic heterocycles. The molecule has 0 unspecified atom stereocenters. The van der Waals surface area contributed by atoms with Crippen molar-refractivity contribution in [2.75, 3.05) is 7.11 Å². The number of ketones is 1. The van der Waals surface area contributed by atoms with Gasteiger partial charge in [0.1, 0.15) is 10.8 Å². The summed E-state index contributed by atoms with van der Waals surface area (Å²) in [4.78, 5) is 16.5. The van der Waals surface area contributed by atoms with Gasteiger partial charge in [-0.25, -0.2) is 4.98 Å². The Kier molecular flexibility index (Phi) is 4.67. The van der Waals surface area contributed by atoms with Crippen LogP contribution >= 0.6 is 11.3 Å². The third-order valence-corrected chi connectivity index (χ3v) is 3.69. The molecule has 0 saturated carbocycles. The van der Waals surface area contributed by atoms with Gasteiger partial charge in [-0.1, -0.05) is 20.8 Å². The van der Waals surface area contributed by atoms with Gasteiger partial charge in [0.05, 0.1) is 17.7 Å². The molecule has 102 valence electrons. The molecule has 0 amide bonds. The number of aromatic nitrogens is 1. The maximum atomic E-state index is 11.9. The average molecular weight is 269 g/mol. The summed E-state index contributed by atoms with van der Waals surface area (Å²) in [5, 5.41) is 2.95. The number of rotatable bonds is 5. The zero-order valence-electron chi connectivity index (χ0n) is 12.2. The molecule has 0 fully saturated rings. The fourth-order valence-corrected chi connectivity index (χ4v) is 2.56. The molecular weight excluding hydrogens is 246 g/mol. The predicted molar refractivity (Wildman–Crippen MR) is 75.2 cm³/mol. The van der Waals surface area contributed by atoms with Crippen LogP contribution in [0.5, 0.6) is 0 Å². The summed E-state index contributed by atoms with van der Waals surface area (Å²) >= 11 is 1.57. The van der Waals surface area contributed by atoms with E-state index in [-0.39, 0.29) is 16.8 Å². The van der Waals surface area contributed by atoms with Gasteiger partial charge in [0, 0.05) is 24.3 Å². The Bertz CT molecular complexity index is 416. The van der Waals surface area contributed by atoms with Crippen molar-refractivity contribution in [2.24, 2.45) is 0 Å². The highest BCUT2D eigenvalue weighted by Crippen LogP contribution is 2.24. The number of methoxy groups -OCH3 is 1. The molecule has 0 radical (unpaired) electrons. The Morgan fingerprint density at radius 3 is 2.39 bits per heavy atom. The topological polar surface area (TPSA) is 39.2 Å². The lowest BCUT2D eigenvalue weighted by atomic mass is 9.93. The Labute approximate surface area is 114 Å². The average Bonchev–Trinajstić information content (AvgIpc) is 2.64. The van der Waals surface area contributed by atoms with Gasteiger partial charge in [-0.2, -0.15) is 0 Å². The minimum Gasteiger partial charge on any atom is -0.378 e. The Morgan fingerprint density at radius 1 is 1.33 bits per heavy atom. The molecule has 0 aliphatic carbocycles. The molecule has 18 heavy (non-hydrogen) atoms. The molecule has 4 heteroatoms. The van der Waals surface area contributed by atoms with Crippen LogP contribution in [0.25, 0.3) is 0 Å². The summed E-state index contributed by atoms with van der Waals surface area (Å²) in [6.45, 7) is 10.2. The van der Waals surface area contributed by atoms with Gasteiger partial charge in [-0.3, -0.25) is 4.79 Å². The Balaban J connectivity index is 2.64. The SMILES string of the molecule is COC(C)(C)CC(=O)Cc1nc(C(C)(C)C)cs1. The van der Waals surface area contributed by atoms with Crippen LogP contribution in [0.15, 0.2) is 5.38 Å². The van der Waals surface area contributed by atoms with E-state index in [1.165, 1.54) is 0 Å². The highest BCUT2D eigenvalue weighted by atomic mass is 32.1. The highest BCUT2D eigenvalue weighted by Gasteiger charge is 2.23. The predicted octanol–water partition coefficient (Wildman–Crippen LogP) is 3.37. The summed E-state index contributed by atoms with van der Waals surface area (Å²) < 4.78 is 5.27. The number of carbonyl (C=O) groups excluding carboxylic acids is 1. The molecule has 1 rings (SSSR count). The molecule has 0 bridgehead atoms. The molecule has 1 aromatic heterocycles. The van der Waals surface area contributed by atoms with Crippen molar-refractivity contribution >= 4 is 17.1 Å². The first-order valence-corrected chi connectivity index (χ1v) is 7.04. The zero-order valence-corrected chi connectivity index (χ0v) is 13.0. The van der Waals surface area contributed by atoms with E-state index < -0.39 is 0 Å². The molecule has 0 saturated heterocycles. The fourth-order valence-electron chi connectivity index (χ4n) is 1.51. The number of ether oxygens (including phenoxy) is 1. The van der Waals surface area contributed by atoms with Crippen molar-refractivity contribution in [3.63, 3.8) is 0 Å². The van der Waals surface area contributed by atoms with E-state index >= 15 is 0 Å². The van der Waals surface area contributed by atoms with Crippen molar-refractivity contribution in [2.45, 2.75) is 58.5 Å². The molecule has 1 aromatic rings. The lowest BCUT2D eigenvalue weighted by Gasteiger charge is -2.21. The molecule has 0 aromatic carbocycles. The lowest BCUT2D eigenvalue weighted by molar-refractivity contribution is -0.123. The van der Waals surface area contributed by atoms with E-state index in [9.17, 15) is 4.79 Å². The maximum Gasteiger partial charge on any atom is 0.142 e. The monoisotopic (exact) mass is 269 g/mol. The zero-order chi connectivity index (χ0) is 14.0. The quantitative estimate of drug-likeness (QED) is 0.822. The Hall–Kier alpha value is -0.740. The molecular formula is C14H23NO2S. The number of nitrogens with zero attached hydrogens (tertiary/aromatic N) is 1. The summed E-state index contributed by atoms with van der Waals surface area (Å²) in [6.07, 6.45) is 0.835. The number of thiazole rings is 1. The largest absolute Gasteiger partial charge is 0.378 e. The van der Waals surface area contributed by atoms with Gasteiger partial charge in [0.2, 0.25) is 0 Å². The van der Waals surface area contributed by atoms with E-state index in [4.69, 9.17) is 4.74 Å². The number of carbonyl (C=O) groups is 1. The van der Waals surface area contributed by atoms with Crippen LogP contribution in [0.4, 0.5) is 0 Å². The van der Waals surface area contributed by atoms with E-state index in [1.807, 2.05) is 19.2 Å². The highest BCUT2D eigenvalue weighted by molar-refractivity contribution is 7.09. The first kappa shape index (κ1) is 15.3. The minimum absolute atomic E-state index is 0.0452. The van der Waals surface area contributed by atoms with Crippen LogP contribution in [0, 0.1) is 0 Å². The van der Waals surface area contributed by atoms with Crippen LogP contribution in [-0.2, 0) is 21.4 Å². The van der Waals surface area contributed by atoms with Gasteiger partial charge in [-0.15, -0.1) is 11.3 Å². The van der Waals surface area contributed by atoms with E-state index in [0.29, 0.717) is 12.8 Å². The molecule has 0 spiro atoms. The summed E-state index contributed by atoms with van der Waals surface area (Å²) in [5.41, 5.74) is 0.714. The Morgan fingerprint density at radius 2 is 1.94 bits per heavy atom. The minimum atomic E-state index is -0.388. The molecule has 0 N–H and O–H groups in total. The number of Topliss-reactive ketones (excluding diaryl/α,β-unsaturated/α-hetero) is 1. The maximum absolute atomic E-state index is 11.9. The van der Waals surface area contributed by atoms with Crippen LogP contribution in [0.2, 0.25) is 0 Å². The van der Waals surface area contributed by atoms with Crippen molar-refractivity contribution in [1.82, 2.24) is 4.98 Å². The molecule has 0 atom stereocenters. The summed E-state index contributed by atoms with van der Waals surface area (Å²) in [6, 6.07) is 0. The van der Waals surface area contributed by atoms with Crippen LogP contribution in [0.1, 0.15) is 51.7 Å². The second-order valence-corrected chi connectivity index (χ2v) is 7.18. The molecule has 3 nitrogen and oxygen atoms in total. The molecule has 0 aliphatic rings. The van der Waals surface area contributed by atoms with Gasteiger partial charge >= 0.3 is 0 Å². The standard InChI is InChI=1S/C14H23NO2S/c1-13(2,3)11-9-18-12(15-11)7-10(16)8-14(4,5)17-6/h9H,7-8H2,1-6H3. The second kappa shape index (κ2) is 5.49. The van der Waals surface area contributed by atoms with Crippen molar-refractivity contribution in [3.8, 4) is 0 Å². The normalized spacial score (nSPS) is 12.8. The second-order valence-electron chi connectivity index (χ2n) is 6.23. The van der Waals surface area contributed by atoms with Gasteiger partial charge in [-0.05, 0) is 13.8 Å². The first-order valence-electron chi connectivity index (χ1n) is 6.16. The van der Waals surface area contributed by atoms with Gasteiger partial charge in [0.25, 0.3) is 0 Å². The lowest BCUT2D eigenvalue weighted by Crippen LogP contribution is -2.27. The van der Waals surface area contributed by atoms with Gasteiger partial charge < -0.3 is 4.74 Å². The summed E-state index contributed by atoms with van der Waals surface area (Å²) in [7, 11) is 1.63. The van der Waals surface area contributed by atoms with Gasteiger partial charge in [0.15, 0.2) is 0 Å². The smallest absolute Gasteiger partial charge is 0.142 e. The number of hydrogen-bond donors (Lipinski definition) is 0. The van der Waals surface area contributed by atoms with E-state index in [2.05, 4.69) is 25.8 Å². The number of hydrogen-bond acceptors (Lipinski definition) is 4. The first-order chi connectivity index (χ1) is 8.14. The molecule has 1 heterocycles. The van der Waals surface area contributed by atoms with Crippen LogP contribution in [-0.4, -0.2) is 23.5 Å². The van der Waals surface area contributed by atoms with E-state index in [0.717, 1.165) is 10.7 Å². The fraction of sp³-hybridized carbons (Fsp3) is 0.714. The van der Waals surface area contributed by atoms with E-state index in [1.54, 1.807) is 18.4 Å². The van der Waals surface area contributed by atoms with Crippen LogP contribution < -0.4 is 0 Å². The third kappa shape index (κ3) is 4.50. The third-order valence-electron chi connectivity index (χ3n) is 2.84. The van der Waals surface area contributed by atoms with Crippen LogP contribution in [0.3, 0.4) is 0 Å².